The lowest BCUT2D eigenvalue weighted by molar-refractivity contribution is -0.130. The van der Waals surface area contributed by atoms with Gasteiger partial charge in [-0.1, -0.05) is 17.2 Å². The van der Waals surface area contributed by atoms with Crippen LogP contribution in [0.1, 0.15) is 19.8 Å². The van der Waals surface area contributed by atoms with Crippen LogP contribution in [0.5, 0.6) is 0 Å². The highest BCUT2D eigenvalue weighted by atomic mass is 35.5. The van der Waals surface area contributed by atoms with Crippen molar-refractivity contribution in [3.05, 3.63) is 40.2 Å². The number of nitrogens with one attached hydrogen (secondary N) is 1. The first-order valence-electron chi connectivity index (χ1n) is 6.88. The Morgan fingerprint density at radius 2 is 2.12 bits per heavy atom. The van der Waals surface area contributed by atoms with Crippen LogP contribution < -0.4 is 10.6 Å². The van der Waals surface area contributed by atoms with Crippen molar-refractivity contribution in [3.8, 4) is 0 Å². The lowest BCUT2D eigenvalue weighted by atomic mass is 9.99. The van der Waals surface area contributed by atoms with Crippen LogP contribution >= 0.6 is 11.6 Å². The van der Waals surface area contributed by atoms with E-state index in [-0.39, 0.29) is 23.6 Å². The fraction of sp³-hybridized carbons (Fsp3) is 0.286. The highest BCUT2D eigenvalue weighted by Crippen LogP contribution is 2.23. The van der Waals surface area contributed by atoms with E-state index in [2.05, 4.69) is 0 Å². The van der Waals surface area contributed by atoms with Gasteiger partial charge >= 0.3 is 0 Å². The van der Waals surface area contributed by atoms with Crippen LogP contribution in [0.3, 0.4) is 0 Å². The minimum absolute atomic E-state index is 0.0443. The Hall–Kier alpha value is -1.97. The van der Waals surface area contributed by atoms with E-state index in [4.69, 9.17) is 17.3 Å². The topological polar surface area (TPSA) is 110 Å². The SMILES string of the molecule is CC1=C(CC(N)=O)C(=O)N(NS(=O)(=O)c2ccc(Cl)cc2F)CC1. The molecule has 0 spiro atoms. The van der Waals surface area contributed by atoms with Crippen LogP contribution in [0.4, 0.5) is 4.39 Å². The summed E-state index contributed by atoms with van der Waals surface area (Å²) in [6.45, 7) is 1.72. The van der Waals surface area contributed by atoms with Gasteiger partial charge in [-0.15, -0.1) is 4.83 Å². The van der Waals surface area contributed by atoms with Crippen LogP contribution in [0.25, 0.3) is 0 Å². The quantitative estimate of drug-likeness (QED) is 0.802. The van der Waals surface area contributed by atoms with Gasteiger partial charge in [-0.05, 0) is 31.5 Å². The predicted octanol–water partition coefficient (Wildman–Crippen LogP) is 1.10. The van der Waals surface area contributed by atoms with E-state index in [1.165, 1.54) is 6.07 Å². The lowest BCUT2D eigenvalue weighted by Crippen LogP contribution is -2.49. The lowest BCUT2D eigenvalue weighted by Gasteiger charge is -2.29. The van der Waals surface area contributed by atoms with Crippen molar-refractivity contribution in [1.82, 2.24) is 9.84 Å². The van der Waals surface area contributed by atoms with Gasteiger partial charge in [0.2, 0.25) is 5.91 Å². The van der Waals surface area contributed by atoms with Crippen molar-refractivity contribution in [2.45, 2.75) is 24.7 Å². The first-order valence-corrected chi connectivity index (χ1v) is 8.74. The summed E-state index contributed by atoms with van der Waals surface area (Å²) in [6, 6.07) is 3.08. The van der Waals surface area contributed by atoms with Crippen molar-refractivity contribution >= 4 is 33.4 Å². The van der Waals surface area contributed by atoms with Crippen molar-refractivity contribution in [3.63, 3.8) is 0 Å². The number of hydrogen-bond donors (Lipinski definition) is 2. The first-order chi connectivity index (χ1) is 11.1. The third-order valence-corrected chi connectivity index (χ3v) is 5.10. The number of amides is 2. The summed E-state index contributed by atoms with van der Waals surface area (Å²) in [7, 11) is -4.33. The van der Waals surface area contributed by atoms with Gasteiger partial charge in [0.05, 0.1) is 6.42 Å². The second-order valence-corrected chi connectivity index (χ2v) is 7.34. The molecule has 10 heteroatoms. The predicted molar refractivity (Wildman–Crippen MR) is 84.6 cm³/mol. The molecule has 0 fully saturated rings. The van der Waals surface area contributed by atoms with Gasteiger partial charge in [-0.2, -0.15) is 0 Å². The van der Waals surface area contributed by atoms with Crippen molar-refractivity contribution in [2.24, 2.45) is 5.73 Å². The van der Waals surface area contributed by atoms with E-state index in [0.717, 1.165) is 17.1 Å². The van der Waals surface area contributed by atoms with Gasteiger partial charge in [0, 0.05) is 17.1 Å². The van der Waals surface area contributed by atoms with Crippen LogP contribution in [0.15, 0.2) is 34.2 Å². The Kier molecular flexibility index (Phi) is 5.26. The molecule has 0 aromatic heterocycles. The monoisotopic (exact) mass is 375 g/mol. The van der Waals surface area contributed by atoms with Crippen molar-refractivity contribution < 1.29 is 22.4 Å². The molecular formula is C14H15ClFN3O4S. The average molecular weight is 376 g/mol. The molecule has 24 heavy (non-hydrogen) atoms. The normalized spacial score (nSPS) is 15.8. The first kappa shape index (κ1) is 18.4. The third kappa shape index (κ3) is 3.92. The Morgan fingerprint density at radius 3 is 2.71 bits per heavy atom. The summed E-state index contributed by atoms with van der Waals surface area (Å²) in [6.07, 6.45) is 0.0676. The zero-order valence-electron chi connectivity index (χ0n) is 12.7. The Bertz CT molecular complexity index is 838. The zero-order chi connectivity index (χ0) is 18.1. The molecule has 1 aromatic carbocycles. The maximum absolute atomic E-state index is 13.8. The number of hydrogen-bond acceptors (Lipinski definition) is 4. The Morgan fingerprint density at radius 1 is 1.46 bits per heavy atom. The van der Waals surface area contributed by atoms with Gasteiger partial charge < -0.3 is 5.73 Å². The number of benzene rings is 1. The molecule has 0 saturated carbocycles. The van der Waals surface area contributed by atoms with E-state index in [0.29, 0.717) is 12.0 Å². The molecule has 1 aromatic rings. The fourth-order valence-electron chi connectivity index (χ4n) is 2.25. The molecule has 0 unspecified atom stereocenters. The summed E-state index contributed by atoms with van der Waals surface area (Å²) >= 11 is 5.60. The molecule has 1 heterocycles. The van der Waals surface area contributed by atoms with Gasteiger partial charge in [-0.25, -0.2) is 12.8 Å². The molecular weight excluding hydrogens is 361 g/mol. The second-order valence-electron chi connectivity index (χ2n) is 5.28. The van der Waals surface area contributed by atoms with E-state index in [1.54, 1.807) is 6.92 Å². The maximum Gasteiger partial charge on any atom is 0.265 e. The Labute approximate surface area is 143 Å². The van der Waals surface area contributed by atoms with E-state index in [1.807, 2.05) is 4.83 Å². The molecule has 0 radical (unpaired) electrons. The summed E-state index contributed by atoms with van der Waals surface area (Å²) in [5.41, 5.74) is 5.89. The van der Waals surface area contributed by atoms with Crippen molar-refractivity contribution in [1.29, 1.82) is 0 Å². The number of carbonyl (C=O) groups is 2. The Balaban J connectivity index is 2.27. The minimum atomic E-state index is -4.33. The number of nitrogens with zero attached hydrogens (tertiary/aromatic N) is 1. The molecule has 2 rings (SSSR count). The third-order valence-electron chi connectivity index (χ3n) is 3.49. The highest BCUT2D eigenvalue weighted by molar-refractivity contribution is 7.89. The molecule has 3 N–H and O–H groups in total. The number of halogens is 2. The number of rotatable bonds is 5. The smallest absolute Gasteiger partial charge is 0.265 e. The van der Waals surface area contributed by atoms with Crippen LogP contribution in [-0.2, 0) is 19.6 Å². The molecule has 130 valence electrons. The number of nitrogens with two attached hydrogens (primary N) is 1. The molecule has 1 aliphatic rings. The summed E-state index contributed by atoms with van der Waals surface area (Å²) in [5.74, 6) is -2.43. The van der Waals surface area contributed by atoms with Crippen LogP contribution in [0.2, 0.25) is 5.02 Å². The maximum atomic E-state index is 13.8. The van der Waals surface area contributed by atoms with Gasteiger partial charge in [0.15, 0.2) is 0 Å². The summed E-state index contributed by atoms with van der Waals surface area (Å²) in [4.78, 5) is 24.8. The highest BCUT2D eigenvalue weighted by Gasteiger charge is 2.30. The molecule has 0 saturated heterocycles. The number of hydrazine groups is 1. The summed E-state index contributed by atoms with van der Waals surface area (Å²) in [5, 5.41) is 0.872. The van der Waals surface area contributed by atoms with Gasteiger partial charge in [-0.3, -0.25) is 14.6 Å². The molecule has 1 aliphatic heterocycles. The van der Waals surface area contributed by atoms with E-state index in [9.17, 15) is 22.4 Å². The molecule has 2 amide bonds. The van der Waals surface area contributed by atoms with Crippen molar-refractivity contribution in [2.75, 3.05) is 6.54 Å². The fourth-order valence-corrected chi connectivity index (χ4v) is 3.54. The largest absolute Gasteiger partial charge is 0.369 e. The van der Waals surface area contributed by atoms with E-state index < -0.39 is 32.6 Å². The van der Waals surface area contributed by atoms with Gasteiger partial charge in [0.1, 0.15) is 10.7 Å². The minimum Gasteiger partial charge on any atom is -0.369 e. The molecule has 0 aliphatic carbocycles. The molecule has 7 nitrogen and oxygen atoms in total. The zero-order valence-corrected chi connectivity index (χ0v) is 14.2. The summed E-state index contributed by atoms with van der Waals surface area (Å²) < 4.78 is 38.4. The number of carbonyl (C=O) groups excluding carboxylic acids is 2. The number of primary amides is 1. The average Bonchev–Trinajstić information content (AvgIpc) is 2.46. The standard InChI is InChI=1S/C14H15ClFN3O4S/c1-8-4-5-19(14(21)10(8)7-13(17)20)18-24(22,23)12-3-2-9(15)6-11(12)16/h2-3,6,18H,4-5,7H2,1H3,(H2,17,20). The molecule has 0 bridgehead atoms. The molecule has 0 atom stereocenters. The number of sulfonamides is 1. The second kappa shape index (κ2) is 6.88. The van der Waals surface area contributed by atoms with E-state index >= 15 is 0 Å². The van der Waals surface area contributed by atoms with Crippen LogP contribution in [0, 0.1) is 5.82 Å². The van der Waals surface area contributed by atoms with Gasteiger partial charge in [0.25, 0.3) is 15.9 Å². The van der Waals surface area contributed by atoms with Crippen LogP contribution in [-0.4, -0.2) is 31.8 Å².